The van der Waals surface area contributed by atoms with E-state index in [1.165, 1.54) is 0 Å². The van der Waals surface area contributed by atoms with E-state index in [4.69, 9.17) is 9.84 Å². The van der Waals surface area contributed by atoms with Crippen LogP contribution in [0.2, 0.25) is 0 Å². The van der Waals surface area contributed by atoms with E-state index in [1.54, 1.807) is 20.8 Å². The molecule has 0 radical (unpaired) electrons. The highest BCUT2D eigenvalue weighted by Gasteiger charge is 2.23. The molecule has 0 aliphatic carbocycles. The lowest BCUT2D eigenvalue weighted by Gasteiger charge is -2.22. The zero-order valence-corrected chi connectivity index (χ0v) is 11.8. The predicted octanol–water partition coefficient (Wildman–Crippen LogP) is 2.93. The number of unbranched alkanes of at least 4 members (excludes halogenated alkanes) is 3. The van der Waals surface area contributed by atoms with Crippen LogP contribution in [0, 0.1) is 0 Å². The second-order valence-electron chi connectivity index (χ2n) is 5.39. The van der Waals surface area contributed by atoms with Gasteiger partial charge in [-0.3, -0.25) is 0 Å². The van der Waals surface area contributed by atoms with Crippen LogP contribution in [0.5, 0.6) is 0 Å². The summed E-state index contributed by atoms with van der Waals surface area (Å²) in [6.07, 6.45) is 3.71. The quantitative estimate of drug-likeness (QED) is 0.689. The van der Waals surface area contributed by atoms with Crippen LogP contribution in [0.25, 0.3) is 0 Å². The lowest BCUT2D eigenvalue weighted by molar-refractivity contribution is -0.139. The minimum absolute atomic E-state index is 0.439. The molecular formula is C13H25NO4. The molecule has 2 N–H and O–H groups in total. The minimum Gasteiger partial charge on any atom is -0.480 e. The highest BCUT2D eigenvalue weighted by atomic mass is 16.6. The maximum absolute atomic E-state index is 11.5. The number of nitrogens with one attached hydrogen (secondary N) is 1. The van der Waals surface area contributed by atoms with Crippen LogP contribution in [0.3, 0.4) is 0 Å². The molecule has 0 fully saturated rings. The Hall–Kier alpha value is -1.26. The van der Waals surface area contributed by atoms with Crippen molar-refractivity contribution in [3.8, 4) is 0 Å². The van der Waals surface area contributed by atoms with Gasteiger partial charge in [0.25, 0.3) is 0 Å². The van der Waals surface area contributed by atoms with Crippen molar-refractivity contribution in [1.29, 1.82) is 0 Å². The van der Waals surface area contributed by atoms with Crippen molar-refractivity contribution in [2.24, 2.45) is 0 Å². The Bertz CT molecular complexity index is 271. The number of carboxylic acids is 1. The highest BCUT2D eigenvalue weighted by Crippen LogP contribution is 2.09. The van der Waals surface area contributed by atoms with E-state index >= 15 is 0 Å². The Kier molecular flexibility index (Phi) is 7.39. The Morgan fingerprint density at radius 1 is 1.22 bits per heavy atom. The van der Waals surface area contributed by atoms with Crippen LogP contribution >= 0.6 is 0 Å². The number of alkyl carbamates (subject to hydrolysis) is 1. The molecule has 0 aromatic carbocycles. The summed E-state index contributed by atoms with van der Waals surface area (Å²) >= 11 is 0. The van der Waals surface area contributed by atoms with Gasteiger partial charge in [-0.1, -0.05) is 32.6 Å². The van der Waals surface area contributed by atoms with E-state index in [-0.39, 0.29) is 0 Å². The van der Waals surface area contributed by atoms with Gasteiger partial charge < -0.3 is 15.2 Å². The van der Waals surface area contributed by atoms with Gasteiger partial charge in [-0.15, -0.1) is 0 Å². The van der Waals surface area contributed by atoms with Crippen molar-refractivity contribution in [3.63, 3.8) is 0 Å². The maximum atomic E-state index is 11.5. The molecule has 1 amide bonds. The minimum atomic E-state index is -1.02. The summed E-state index contributed by atoms with van der Waals surface area (Å²) in [6, 6.07) is -0.864. The first-order valence-corrected chi connectivity index (χ1v) is 6.48. The monoisotopic (exact) mass is 259 g/mol. The van der Waals surface area contributed by atoms with Crippen molar-refractivity contribution in [2.45, 2.75) is 71.4 Å². The second kappa shape index (κ2) is 7.95. The molecule has 5 heteroatoms. The summed E-state index contributed by atoms with van der Waals surface area (Å²) < 4.78 is 5.03. The van der Waals surface area contributed by atoms with Gasteiger partial charge in [0.15, 0.2) is 0 Å². The zero-order valence-electron chi connectivity index (χ0n) is 11.8. The van der Waals surface area contributed by atoms with Crippen molar-refractivity contribution in [2.75, 3.05) is 0 Å². The van der Waals surface area contributed by atoms with Crippen molar-refractivity contribution in [1.82, 2.24) is 5.32 Å². The van der Waals surface area contributed by atoms with E-state index < -0.39 is 23.7 Å². The largest absolute Gasteiger partial charge is 0.480 e. The number of hydrogen-bond donors (Lipinski definition) is 2. The average molecular weight is 259 g/mol. The molecule has 0 heterocycles. The number of hydrogen-bond acceptors (Lipinski definition) is 3. The first-order chi connectivity index (χ1) is 8.26. The Morgan fingerprint density at radius 3 is 2.28 bits per heavy atom. The number of carbonyl (C=O) groups excluding carboxylic acids is 1. The van der Waals surface area contributed by atoms with Gasteiger partial charge >= 0.3 is 12.1 Å². The Morgan fingerprint density at radius 2 is 1.83 bits per heavy atom. The molecule has 106 valence electrons. The van der Waals surface area contributed by atoms with E-state index in [0.29, 0.717) is 6.42 Å². The van der Waals surface area contributed by atoms with Gasteiger partial charge in [-0.25, -0.2) is 9.59 Å². The predicted molar refractivity (Wildman–Crippen MR) is 69.6 cm³/mol. The summed E-state index contributed by atoms with van der Waals surface area (Å²) in [5.74, 6) is -1.02. The number of rotatable bonds is 7. The second-order valence-corrected chi connectivity index (χ2v) is 5.39. The summed E-state index contributed by atoms with van der Waals surface area (Å²) in [5, 5.41) is 11.4. The van der Waals surface area contributed by atoms with E-state index in [2.05, 4.69) is 12.2 Å². The van der Waals surface area contributed by atoms with Crippen LogP contribution < -0.4 is 5.32 Å². The fourth-order valence-electron chi connectivity index (χ4n) is 1.48. The van der Waals surface area contributed by atoms with Gasteiger partial charge in [0.1, 0.15) is 11.6 Å². The third kappa shape index (κ3) is 8.84. The van der Waals surface area contributed by atoms with E-state index in [9.17, 15) is 9.59 Å². The maximum Gasteiger partial charge on any atom is 0.408 e. The lowest BCUT2D eigenvalue weighted by atomic mass is 10.1. The summed E-state index contributed by atoms with van der Waals surface area (Å²) in [6.45, 7) is 7.31. The fraction of sp³-hybridized carbons (Fsp3) is 0.846. The van der Waals surface area contributed by atoms with E-state index in [0.717, 1.165) is 25.7 Å². The number of carbonyl (C=O) groups is 2. The summed E-state index contributed by atoms with van der Waals surface area (Å²) in [5.41, 5.74) is -0.616. The lowest BCUT2D eigenvalue weighted by Crippen LogP contribution is -2.43. The Balaban J connectivity index is 4.11. The molecular weight excluding hydrogens is 234 g/mol. The molecule has 0 aromatic heterocycles. The van der Waals surface area contributed by atoms with Gasteiger partial charge in [-0.2, -0.15) is 0 Å². The van der Waals surface area contributed by atoms with Gasteiger partial charge in [0, 0.05) is 0 Å². The van der Waals surface area contributed by atoms with Crippen LogP contribution in [-0.4, -0.2) is 28.8 Å². The average Bonchev–Trinajstić information content (AvgIpc) is 2.19. The molecule has 5 nitrogen and oxygen atoms in total. The molecule has 0 aliphatic rings. The van der Waals surface area contributed by atoms with E-state index in [1.807, 2.05) is 0 Å². The number of ether oxygens (including phenoxy) is 1. The third-order valence-corrected chi connectivity index (χ3v) is 2.34. The van der Waals surface area contributed by atoms with Crippen LogP contribution in [0.15, 0.2) is 0 Å². The van der Waals surface area contributed by atoms with Crippen molar-refractivity contribution >= 4 is 12.1 Å². The molecule has 18 heavy (non-hydrogen) atoms. The number of aliphatic carboxylic acids is 1. The molecule has 0 saturated heterocycles. The molecule has 0 aliphatic heterocycles. The topological polar surface area (TPSA) is 75.6 Å². The standard InChI is InChI=1S/C13H25NO4/c1-5-6-7-8-9-10(11(15)16)14-12(17)18-13(2,3)4/h10H,5-9H2,1-4H3,(H,14,17)(H,15,16)/t10-/m1/s1. The van der Waals surface area contributed by atoms with Gasteiger partial charge in [0.2, 0.25) is 0 Å². The SMILES string of the molecule is CCCCCC[C@@H](NC(=O)OC(C)(C)C)C(=O)O. The van der Waals surface area contributed by atoms with Gasteiger partial charge in [0.05, 0.1) is 0 Å². The first kappa shape index (κ1) is 16.7. The fourth-order valence-corrected chi connectivity index (χ4v) is 1.48. The van der Waals surface area contributed by atoms with Crippen LogP contribution in [0.1, 0.15) is 59.8 Å². The third-order valence-electron chi connectivity index (χ3n) is 2.34. The number of carboxylic acid groups (broad SMARTS) is 1. The van der Waals surface area contributed by atoms with Crippen LogP contribution in [-0.2, 0) is 9.53 Å². The van der Waals surface area contributed by atoms with Crippen molar-refractivity contribution < 1.29 is 19.4 Å². The molecule has 0 rings (SSSR count). The normalized spacial score (nSPS) is 12.9. The first-order valence-electron chi connectivity index (χ1n) is 6.48. The molecule has 0 saturated carbocycles. The highest BCUT2D eigenvalue weighted by molar-refractivity contribution is 5.79. The molecule has 0 bridgehead atoms. The molecule has 0 spiro atoms. The van der Waals surface area contributed by atoms with Crippen molar-refractivity contribution in [3.05, 3.63) is 0 Å². The molecule has 1 atom stereocenters. The molecule has 0 unspecified atom stereocenters. The van der Waals surface area contributed by atoms with Crippen LogP contribution in [0.4, 0.5) is 4.79 Å². The summed E-state index contributed by atoms with van der Waals surface area (Å²) in [4.78, 5) is 22.5. The summed E-state index contributed by atoms with van der Waals surface area (Å²) in [7, 11) is 0. The zero-order chi connectivity index (χ0) is 14.2. The number of amides is 1. The molecule has 0 aromatic rings. The Labute approximate surface area is 109 Å². The smallest absolute Gasteiger partial charge is 0.408 e. The van der Waals surface area contributed by atoms with Gasteiger partial charge in [-0.05, 0) is 27.2 Å².